The Morgan fingerprint density at radius 2 is 1.81 bits per heavy atom. The van der Waals surface area contributed by atoms with Crippen LogP contribution in [0, 0.1) is 0 Å². The van der Waals surface area contributed by atoms with Gasteiger partial charge in [0.2, 0.25) is 5.82 Å². The second-order valence-electron chi connectivity index (χ2n) is 4.88. The van der Waals surface area contributed by atoms with Gasteiger partial charge in [-0.1, -0.05) is 48.5 Å². The monoisotopic (exact) mass is 279 g/mol. The van der Waals surface area contributed by atoms with Crippen molar-refractivity contribution in [3.8, 4) is 22.8 Å². The van der Waals surface area contributed by atoms with E-state index in [1.165, 1.54) is 5.56 Å². The molecule has 0 fully saturated rings. The Bertz CT molecular complexity index is 732. The summed E-state index contributed by atoms with van der Waals surface area (Å²) in [5.74, 6) is 1.12. The standard InChI is InChI=1S/C17H17N3O/c1-2-12-6-8-14(9-7-12)16-19-17(21-20-16)15-5-3-4-13(10-15)11-18/h3-10H,2,11,18H2,1H3. The van der Waals surface area contributed by atoms with Gasteiger partial charge in [0.1, 0.15) is 0 Å². The molecule has 21 heavy (non-hydrogen) atoms. The van der Waals surface area contributed by atoms with Gasteiger partial charge in [-0.25, -0.2) is 0 Å². The normalized spacial score (nSPS) is 10.8. The van der Waals surface area contributed by atoms with Crippen LogP contribution >= 0.6 is 0 Å². The van der Waals surface area contributed by atoms with Gasteiger partial charge >= 0.3 is 0 Å². The minimum atomic E-state index is 0.493. The Hall–Kier alpha value is -2.46. The summed E-state index contributed by atoms with van der Waals surface area (Å²) in [5, 5.41) is 4.06. The minimum absolute atomic E-state index is 0.493. The number of nitrogens with two attached hydrogens (primary N) is 1. The molecule has 0 radical (unpaired) electrons. The van der Waals surface area contributed by atoms with E-state index in [1.54, 1.807) is 0 Å². The molecule has 0 saturated carbocycles. The van der Waals surface area contributed by atoms with Gasteiger partial charge in [0.05, 0.1) is 0 Å². The highest BCUT2D eigenvalue weighted by Gasteiger charge is 2.10. The molecule has 0 spiro atoms. The highest BCUT2D eigenvalue weighted by Crippen LogP contribution is 2.23. The van der Waals surface area contributed by atoms with Crippen LogP contribution in [0.3, 0.4) is 0 Å². The lowest BCUT2D eigenvalue weighted by molar-refractivity contribution is 0.432. The first kappa shape index (κ1) is 13.5. The maximum Gasteiger partial charge on any atom is 0.258 e. The third-order valence-corrected chi connectivity index (χ3v) is 3.46. The Balaban J connectivity index is 1.91. The lowest BCUT2D eigenvalue weighted by atomic mass is 10.1. The molecular weight excluding hydrogens is 262 g/mol. The highest BCUT2D eigenvalue weighted by atomic mass is 16.5. The van der Waals surface area contributed by atoms with Gasteiger partial charge in [0.25, 0.3) is 5.89 Å². The molecule has 3 aromatic rings. The summed E-state index contributed by atoms with van der Waals surface area (Å²) in [4.78, 5) is 4.46. The van der Waals surface area contributed by atoms with Crippen molar-refractivity contribution in [2.75, 3.05) is 0 Å². The minimum Gasteiger partial charge on any atom is -0.334 e. The first-order chi connectivity index (χ1) is 10.3. The van der Waals surface area contributed by atoms with E-state index >= 15 is 0 Å². The van der Waals surface area contributed by atoms with Crippen LogP contribution in [0.15, 0.2) is 53.1 Å². The van der Waals surface area contributed by atoms with Crippen molar-refractivity contribution in [3.63, 3.8) is 0 Å². The molecule has 0 bridgehead atoms. The van der Waals surface area contributed by atoms with E-state index in [9.17, 15) is 0 Å². The van der Waals surface area contributed by atoms with Crippen molar-refractivity contribution in [1.29, 1.82) is 0 Å². The number of rotatable bonds is 4. The van der Waals surface area contributed by atoms with E-state index in [4.69, 9.17) is 10.3 Å². The zero-order valence-corrected chi connectivity index (χ0v) is 11.9. The van der Waals surface area contributed by atoms with Crippen LogP contribution in [-0.4, -0.2) is 10.1 Å². The van der Waals surface area contributed by atoms with Gasteiger partial charge in [0.15, 0.2) is 0 Å². The SMILES string of the molecule is CCc1ccc(-c2noc(-c3cccc(CN)c3)n2)cc1. The van der Waals surface area contributed by atoms with E-state index in [0.29, 0.717) is 18.3 Å². The van der Waals surface area contributed by atoms with Gasteiger partial charge in [-0.15, -0.1) is 0 Å². The van der Waals surface area contributed by atoms with Crippen molar-refractivity contribution in [2.24, 2.45) is 5.73 Å². The number of aryl methyl sites for hydroxylation is 1. The molecule has 1 heterocycles. The van der Waals surface area contributed by atoms with Crippen molar-refractivity contribution in [1.82, 2.24) is 10.1 Å². The molecule has 0 saturated heterocycles. The average Bonchev–Trinajstić information content (AvgIpc) is 3.05. The lowest BCUT2D eigenvalue weighted by Crippen LogP contribution is -1.95. The summed E-state index contributed by atoms with van der Waals surface area (Å²) in [6.45, 7) is 2.62. The molecule has 3 rings (SSSR count). The third kappa shape index (κ3) is 2.85. The summed E-state index contributed by atoms with van der Waals surface area (Å²) >= 11 is 0. The summed E-state index contributed by atoms with van der Waals surface area (Å²) < 4.78 is 5.36. The van der Waals surface area contributed by atoms with Crippen LogP contribution in [0.5, 0.6) is 0 Å². The van der Waals surface area contributed by atoms with Gasteiger partial charge < -0.3 is 10.3 Å². The lowest BCUT2D eigenvalue weighted by Gasteiger charge is -1.98. The van der Waals surface area contributed by atoms with E-state index < -0.39 is 0 Å². The summed E-state index contributed by atoms with van der Waals surface area (Å²) in [6.07, 6.45) is 1.02. The van der Waals surface area contributed by atoms with Gasteiger partial charge in [-0.3, -0.25) is 0 Å². The molecule has 0 amide bonds. The molecule has 4 heteroatoms. The molecule has 106 valence electrons. The Morgan fingerprint density at radius 1 is 1.00 bits per heavy atom. The fourth-order valence-electron chi connectivity index (χ4n) is 2.18. The smallest absolute Gasteiger partial charge is 0.258 e. The predicted molar refractivity (Wildman–Crippen MR) is 82.4 cm³/mol. The van der Waals surface area contributed by atoms with E-state index in [1.807, 2.05) is 36.4 Å². The highest BCUT2D eigenvalue weighted by molar-refractivity contribution is 5.60. The van der Waals surface area contributed by atoms with Crippen LogP contribution in [0.25, 0.3) is 22.8 Å². The zero-order valence-electron chi connectivity index (χ0n) is 11.9. The number of benzene rings is 2. The summed E-state index contributed by atoms with van der Waals surface area (Å²) in [7, 11) is 0. The molecule has 0 atom stereocenters. The maximum atomic E-state index is 5.65. The number of hydrogen-bond donors (Lipinski definition) is 1. The van der Waals surface area contributed by atoms with Crippen LogP contribution in [0.2, 0.25) is 0 Å². The second-order valence-corrected chi connectivity index (χ2v) is 4.88. The molecule has 2 aromatic carbocycles. The zero-order chi connectivity index (χ0) is 14.7. The first-order valence-corrected chi connectivity index (χ1v) is 7.02. The first-order valence-electron chi connectivity index (χ1n) is 7.02. The van der Waals surface area contributed by atoms with Gasteiger partial charge in [-0.2, -0.15) is 4.98 Å². The molecule has 0 aliphatic carbocycles. The predicted octanol–water partition coefficient (Wildman–Crippen LogP) is 3.42. The van der Waals surface area contributed by atoms with Crippen molar-refractivity contribution in [3.05, 3.63) is 59.7 Å². The molecule has 0 aliphatic heterocycles. The largest absolute Gasteiger partial charge is 0.334 e. The van der Waals surface area contributed by atoms with Crippen LogP contribution in [0.1, 0.15) is 18.1 Å². The summed E-state index contributed by atoms with van der Waals surface area (Å²) in [6, 6.07) is 16.0. The van der Waals surface area contributed by atoms with E-state index in [-0.39, 0.29) is 0 Å². The number of nitrogens with zero attached hydrogens (tertiary/aromatic N) is 2. The molecule has 0 aliphatic rings. The third-order valence-electron chi connectivity index (χ3n) is 3.46. The fraction of sp³-hybridized carbons (Fsp3) is 0.176. The van der Waals surface area contributed by atoms with E-state index in [2.05, 4.69) is 29.2 Å². The number of hydrogen-bond acceptors (Lipinski definition) is 4. The van der Waals surface area contributed by atoms with Crippen LogP contribution in [-0.2, 0) is 13.0 Å². The van der Waals surface area contributed by atoms with Crippen molar-refractivity contribution in [2.45, 2.75) is 19.9 Å². The quantitative estimate of drug-likeness (QED) is 0.794. The molecule has 1 aromatic heterocycles. The second kappa shape index (κ2) is 5.89. The van der Waals surface area contributed by atoms with Crippen molar-refractivity contribution >= 4 is 0 Å². The molecule has 4 nitrogen and oxygen atoms in total. The molecule has 2 N–H and O–H groups in total. The van der Waals surface area contributed by atoms with Crippen LogP contribution in [0.4, 0.5) is 0 Å². The Morgan fingerprint density at radius 3 is 2.52 bits per heavy atom. The van der Waals surface area contributed by atoms with Gasteiger partial charge in [0, 0.05) is 17.7 Å². The fourth-order valence-corrected chi connectivity index (χ4v) is 2.18. The Kier molecular flexibility index (Phi) is 3.79. The van der Waals surface area contributed by atoms with Crippen LogP contribution < -0.4 is 5.73 Å². The topological polar surface area (TPSA) is 64.9 Å². The number of aromatic nitrogens is 2. The van der Waals surface area contributed by atoms with Gasteiger partial charge in [-0.05, 0) is 29.7 Å². The summed E-state index contributed by atoms with van der Waals surface area (Å²) in [5.41, 5.74) is 9.83. The molecular formula is C17H17N3O. The Labute approximate surface area is 123 Å². The maximum absolute atomic E-state index is 5.65. The van der Waals surface area contributed by atoms with Crippen molar-refractivity contribution < 1.29 is 4.52 Å². The average molecular weight is 279 g/mol. The van der Waals surface area contributed by atoms with E-state index in [0.717, 1.165) is 23.1 Å². The molecule has 0 unspecified atom stereocenters.